The Balaban J connectivity index is 2.65. The van der Waals surface area contributed by atoms with E-state index in [1.807, 2.05) is 51.2 Å². The van der Waals surface area contributed by atoms with Gasteiger partial charge in [-0.15, -0.1) is 0 Å². The summed E-state index contributed by atoms with van der Waals surface area (Å²) in [7, 11) is 0. The second kappa shape index (κ2) is 10.8. The van der Waals surface area contributed by atoms with Crippen molar-refractivity contribution in [3.63, 3.8) is 0 Å². The van der Waals surface area contributed by atoms with Crippen molar-refractivity contribution in [2.24, 2.45) is 5.41 Å². The third-order valence-electron chi connectivity index (χ3n) is 4.70. The van der Waals surface area contributed by atoms with Crippen LogP contribution in [0.5, 0.6) is 0 Å². The Morgan fingerprint density at radius 3 is 2.50 bits per heavy atom. The fraction of sp³-hybridized carbons (Fsp3) is 0.500. The first-order chi connectivity index (χ1) is 13.0. The molecule has 0 amide bonds. The number of allylic oxidation sites excluding steroid dienone is 9. The Hall–Kier alpha value is -2.36. The van der Waals surface area contributed by atoms with Crippen LogP contribution in [0.1, 0.15) is 61.3 Å². The summed E-state index contributed by atoms with van der Waals surface area (Å²) in [5, 5.41) is 0. The van der Waals surface area contributed by atoms with Gasteiger partial charge >= 0.3 is 6.16 Å². The molecule has 0 spiro atoms. The standard InChI is InChI=1S/C24H34O4/c1-17(2)28-23(26)27-16-14-19(4)10-8-9-18(3)11-12-21-20(5)22(25)13-15-24(21,6)7/h8-12,14,17H,13,15-16H2,1-7H3. The molecule has 1 rings (SSSR count). The van der Waals surface area contributed by atoms with Gasteiger partial charge in [-0.3, -0.25) is 4.79 Å². The molecular formula is C24H34O4. The van der Waals surface area contributed by atoms with Crippen LogP contribution in [0.25, 0.3) is 0 Å². The van der Waals surface area contributed by atoms with Gasteiger partial charge in [0.2, 0.25) is 0 Å². The molecule has 0 radical (unpaired) electrons. The van der Waals surface area contributed by atoms with Crippen LogP contribution in [0.3, 0.4) is 0 Å². The maximum Gasteiger partial charge on any atom is 0.508 e. The van der Waals surface area contributed by atoms with Gasteiger partial charge < -0.3 is 9.47 Å². The number of hydrogen-bond donors (Lipinski definition) is 0. The van der Waals surface area contributed by atoms with E-state index in [-0.39, 0.29) is 23.9 Å². The summed E-state index contributed by atoms with van der Waals surface area (Å²) in [6.45, 7) is 14.0. The molecule has 0 aliphatic heterocycles. The lowest BCUT2D eigenvalue weighted by Crippen LogP contribution is -2.24. The van der Waals surface area contributed by atoms with Crippen molar-refractivity contribution >= 4 is 11.9 Å². The average molecular weight is 387 g/mol. The number of carbonyl (C=O) groups is 2. The van der Waals surface area contributed by atoms with Crippen LogP contribution in [-0.2, 0) is 14.3 Å². The monoisotopic (exact) mass is 386 g/mol. The van der Waals surface area contributed by atoms with Crippen molar-refractivity contribution in [2.75, 3.05) is 6.61 Å². The van der Waals surface area contributed by atoms with Crippen molar-refractivity contribution in [3.05, 3.63) is 58.7 Å². The first kappa shape index (κ1) is 23.7. The van der Waals surface area contributed by atoms with Crippen LogP contribution >= 0.6 is 0 Å². The minimum Gasteiger partial charge on any atom is -0.432 e. The van der Waals surface area contributed by atoms with Crippen LogP contribution in [0.15, 0.2) is 58.7 Å². The van der Waals surface area contributed by atoms with Crippen molar-refractivity contribution in [1.82, 2.24) is 0 Å². The predicted molar refractivity (Wildman–Crippen MR) is 114 cm³/mol. The lowest BCUT2D eigenvalue weighted by atomic mass is 9.72. The molecule has 1 aliphatic carbocycles. The molecule has 0 atom stereocenters. The van der Waals surface area contributed by atoms with Crippen LogP contribution in [0.2, 0.25) is 0 Å². The Morgan fingerprint density at radius 2 is 1.86 bits per heavy atom. The molecular weight excluding hydrogens is 352 g/mol. The van der Waals surface area contributed by atoms with Crippen molar-refractivity contribution in [1.29, 1.82) is 0 Å². The first-order valence-corrected chi connectivity index (χ1v) is 9.80. The molecule has 4 heteroatoms. The lowest BCUT2D eigenvalue weighted by molar-refractivity contribution is -0.116. The number of rotatable bonds is 7. The third-order valence-corrected chi connectivity index (χ3v) is 4.70. The van der Waals surface area contributed by atoms with Gasteiger partial charge in [-0.1, -0.05) is 55.4 Å². The zero-order chi connectivity index (χ0) is 21.3. The van der Waals surface area contributed by atoms with Crippen molar-refractivity contribution in [3.8, 4) is 0 Å². The number of Topliss-reactive ketones (excluding diaryl/α,β-unsaturated/α-hetero) is 1. The summed E-state index contributed by atoms with van der Waals surface area (Å²) in [5.74, 6) is 0.251. The van der Waals surface area contributed by atoms with E-state index in [1.54, 1.807) is 13.8 Å². The highest BCUT2D eigenvalue weighted by atomic mass is 16.7. The zero-order valence-electron chi connectivity index (χ0n) is 18.3. The number of ketones is 1. The summed E-state index contributed by atoms with van der Waals surface area (Å²) in [6, 6.07) is 0. The minimum absolute atomic E-state index is 0.0284. The van der Waals surface area contributed by atoms with Gasteiger partial charge in [0.25, 0.3) is 0 Å². The zero-order valence-corrected chi connectivity index (χ0v) is 18.3. The van der Waals surface area contributed by atoms with E-state index >= 15 is 0 Å². The average Bonchev–Trinajstić information content (AvgIpc) is 2.57. The largest absolute Gasteiger partial charge is 0.508 e. The molecule has 0 heterocycles. The van der Waals surface area contributed by atoms with Gasteiger partial charge in [0.05, 0.1) is 6.10 Å². The van der Waals surface area contributed by atoms with E-state index in [1.165, 1.54) is 0 Å². The third kappa shape index (κ3) is 8.12. The maximum absolute atomic E-state index is 12.0. The van der Waals surface area contributed by atoms with Gasteiger partial charge in [-0.25, -0.2) is 4.79 Å². The summed E-state index contributed by atoms with van der Waals surface area (Å²) in [4.78, 5) is 23.3. The molecule has 0 aromatic heterocycles. The van der Waals surface area contributed by atoms with Crippen LogP contribution in [0.4, 0.5) is 4.79 Å². The minimum atomic E-state index is -0.655. The quantitative estimate of drug-likeness (QED) is 0.383. The Morgan fingerprint density at radius 1 is 1.18 bits per heavy atom. The van der Waals surface area contributed by atoms with Gasteiger partial charge in [0.1, 0.15) is 6.61 Å². The molecule has 0 bridgehead atoms. The van der Waals surface area contributed by atoms with Crippen molar-refractivity contribution < 1.29 is 19.1 Å². The Kier molecular flexibility index (Phi) is 9.17. The summed E-state index contributed by atoms with van der Waals surface area (Å²) in [6.07, 6.45) is 12.5. The summed E-state index contributed by atoms with van der Waals surface area (Å²) < 4.78 is 9.86. The van der Waals surface area contributed by atoms with Gasteiger partial charge in [-0.05, 0) is 63.7 Å². The van der Waals surface area contributed by atoms with E-state index in [9.17, 15) is 9.59 Å². The Labute approximate surface area is 169 Å². The second-order valence-corrected chi connectivity index (χ2v) is 8.12. The molecule has 0 fully saturated rings. The molecule has 1 aliphatic rings. The van der Waals surface area contributed by atoms with Gasteiger partial charge in [0, 0.05) is 6.42 Å². The van der Waals surface area contributed by atoms with E-state index < -0.39 is 6.16 Å². The highest BCUT2D eigenvalue weighted by Crippen LogP contribution is 2.39. The van der Waals surface area contributed by atoms with E-state index in [4.69, 9.17) is 9.47 Å². The summed E-state index contributed by atoms with van der Waals surface area (Å²) >= 11 is 0. The van der Waals surface area contributed by atoms with Gasteiger partial charge in [-0.2, -0.15) is 0 Å². The van der Waals surface area contributed by atoms with Crippen LogP contribution in [0, 0.1) is 5.41 Å². The van der Waals surface area contributed by atoms with Crippen LogP contribution < -0.4 is 0 Å². The topological polar surface area (TPSA) is 52.6 Å². The first-order valence-electron chi connectivity index (χ1n) is 9.80. The molecule has 0 N–H and O–H groups in total. The van der Waals surface area contributed by atoms with Crippen LogP contribution in [-0.4, -0.2) is 24.6 Å². The molecule has 4 nitrogen and oxygen atoms in total. The molecule has 0 aromatic carbocycles. The normalized spacial score (nSPS) is 18.5. The van der Waals surface area contributed by atoms with E-state index in [0.29, 0.717) is 6.42 Å². The van der Waals surface area contributed by atoms with E-state index in [0.717, 1.165) is 28.7 Å². The highest BCUT2D eigenvalue weighted by molar-refractivity contribution is 5.97. The SMILES string of the molecule is CC(C=CC1=C(C)C(=O)CCC1(C)C)=CC=CC(C)=CCOC(=O)OC(C)C. The molecule has 154 valence electrons. The number of hydrogen-bond acceptors (Lipinski definition) is 4. The summed E-state index contributed by atoms with van der Waals surface area (Å²) in [5.41, 5.74) is 4.12. The van der Waals surface area contributed by atoms with E-state index in [2.05, 4.69) is 19.9 Å². The van der Waals surface area contributed by atoms with Crippen molar-refractivity contribution in [2.45, 2.75) is 67.4 Å². The molecule has 0 aromatic rings. The highest BCUT2D eigenvalue weighted by Gasteiger charge is 2.30. The number of ether oxygens (including phenoxy) is 2. The second-order valence-electron chi connectivity index (χ2n) is 8.12. The van der Waals surface area contributed by atoms with Gasteiger partial charge in [0.15, 0.2) is 5.78 Å². The fourth-order valence-corrected chi connectivity index (χ4v) is 2.91. The molecule has 0 unspecified atom stereocenters. The maximum atomic E-state index is 12.0. The fourth-order valence-electron chi connectivity index (χ4n) is 2.91. The number of carbonyl (C=O) groups excluding carboxylic acids is 2. The smallest absolute Gasteiger partial charge is 0.432 e. The Bertz CT molecular complexity index is 728. The molecule has 28 heavy (non-hydrogen) atoms. The lowest BCUT2D eigenvalue weighted by Gasteiger charge is -2.32. The molecule has 0 saturated carbocycles. The molecule has 0 saturated heterocycles. The predicted octanol–water partition coefficient (Wildman–Crippen LogP) is 6.26.